The minimum Gasteiger partial charge on any atom is -0.314 e. The number of benzene rings is 1. The molecule has 0 aliphatic rings. The van der Waals surface area contributed by atoms with Crippen LogP contribution in [0.25, 0.3) is 26.6 Å². The number of para-hydroxylation sites is 1. The summed E-state index contributed by atoms with van der Waals surface area (Å²) in [5.74, 6) is 0.658. The first-order valence-corrected chi connectivity index (χ1v) is 9.47. The number of fused-ring (bicyclic) bond motifs is 1. The van der Waals surface area contributed by atoms with Gasteiger partial charge in [-0.1, -0.05) is 35.6 Å². The number of hydrogen-bond acceptors (Lipinski definition) is 8. The van der Waals surface area contributed by atoms with Crippen LogP contribution in [0.3, 0.4) is 0 Å². The fraction of sp³-hybridized carbons (Fsp3) is 0. The molecule has 4 aromatic heterocycles. The van der Waals surface area contributed by atoms with E-state index in [0.717, 1.165) is 26.6 Å². The largest absolute Gasteiger partial charge is 0.314 e. The molecule has 0 fully saturated rings. The highest BCUT2D eigenvalue weighted by molar-refractivity contribution is 7.22. The van der Waals surface area contributed by atoms with Crippen molar-refractivity contribution < 1.29 is 0 Å². The Morgan fingerprint density at radius 1 is 0.962 bits per heavy atom. The Morgan fingerprint density at radius 3 is 2.73 bits per heavy atom. The van der Waals surface area contributed by atoms with E-state index in [4.69, 9.17) is 0 Å². The molecule has 0 radical (unpaired) electrons. The molecule has 1 N–H and O–H groups in total. The van der Waals surface area contributed by atoms with Crippen molar-refractivity contribution in [2.24, 2.45) is 0 Å². The topological polar surface area (TPSA) is 81.4 Å². The van der Waals surface area contributed by atoms with Gasteiger partial charge in [0.05, 0.1) is 22.1 Å². The predicted octanol–water partition coefficient (Wildman–Crippen LogP) is 4.14. The highest BCUT2D eigenvalue weighted by Crippen LogP contribution is 2.32. The molecule has 0 saturated carbocycles. The Labute approximate surface area is 156 Å². The van der Waals surface area contributed by atoms with Crippen LogP contribution in [-0.2, 0) is 0 Å². The van der Waals surface area contributed by atoms with Gasteiger partial charge in [-0.05, 0) is 23.6 Å². The molecule has 0 spiro atoms. The van der Waals surface area contributed by atoms with Gasteiger partial charge in [0.2, 0.25) is 5.13 Å². The van der Waals surface area contributed by atoms with Gasteiger partial charge in [-0.25, -0.2) is 14.6 Å². The maximum atomic E-state index is 4.46. The van der Waals surface area contributed by atoms with E-state index < -0.39 is 0 Å². The molecule has 4 heterocycles. The van der Waals surface area contributed by atoms with Crippen molar-refractivity contribution in [3.8, 4) is 15.6 Å². The summed E-state index contributed by atoms with van der Waals surface area (Å²) < 4.78 is 1.79. The quantitative estimate of drug-likeness (QED) is 0.507. The van der Waals surface area contributed by atoms with Crippen LogP contribution in [0.4, 0.5) is 10.9 Å². The number of nitrogens with zero attached hydrogens (tertiary/aromatic N) is 6. The molecule has 0 saturated heterocycles. The SMILES string of the molecule is c1ccc(-n2ncc3c(Nc4nnc(-c5cccs5)s4)ncnc32)cc1. The fourth-order valence-electron chi connectivity index (χ4n) is 2.58. The zero-order valence-electron chi connectivity index (χ0n) is 13.3. The lowest BCUT2D eigenvalue weighted by Crippen LogP contribution is -1.99. The van der Waals surface area contributed by atoms with Gasteiger partial charge in [-0.2, -0.15) is 5.10 Å². The van der Waals surface area contributed by atoms with Gasteiger partial charge in [0.1, 0.15) is 12.1 Å². The van der Waals surface area contributed by atoms with Crippen molar-refractivity contribution in [2.75, 3.05) is 5.32 Å². The van der Waals surface area contributed by atoms with E-state index in [9.17, 15) is 0 Å². The fourth-order valence-corrected chi connectivity index (χ4v) is 4.11. The summed E-state index contributed by atoms with van der Waals surface area (Å²) in [4.78, 5) is 9.83. The van der Waals surface area contributed by atoms with Crippen LogP contribution in [0.1, 0.15) is 0 Å². The van der Waals surface area contributed by atoms with Gasteiger partial charge >= 0.3 is 0 Å². The standard InChI is InChI=1S/C17H11N7S2/c1-2-5-11(6-3-1)24-15-12(9-20-24)14(18-10-19-15)21-17-23-22-16(26-17)13-7-4-8-25-13/h1-10H,(H,18,19,21,23). The molecule has 26 heavy (non-hydrogen) atoms. The summed E-state index contributed by atoms with van der Waals surface area (Å²) in [7, 11) is 0. The summed E-state index contributed by atoms with van der Waals surface area (Å²) in [5.41, 5.74) is 1.68. The summed E-state index contributed by atoms with van der Waals surface area (Å²) >= 11 is 3.13. The minimum absolute atomic E-state index is 0.658. The molecule has 0 aliphatic carbocycles. The summed E-state index contributed by atoms with van der Waals surface area (Å²) in [5, 5.41) is 20.6. The van der Waals surface area contributed by atoms with Gasteiger partial charge < -0.3 is 5.32 Å². The zero-order chi connectivity index (χ0) is 17.3. The monoisotopic (exact) mass is 377 g/mol. The lowest BCUT2D eigenvalue weighted by molar-refractivity contribution is 0.895. The smallest absolute Gasteiger partial charge is 0.211 e. The Balaban J connectivity index is 1.51. The highest BCUT2D eigenvalue weighted by atomic mass is 32.1. The third-order valence-electron chi connectivity index (χ3n) is 3.75. The van der Waals surface area contributed by atoms with Crippen LogP contribution in [0.5, 0.6) is 0 Å². The molecule has 0 aliphatic heterocycles. The summed E-state index contributed by atoms with van der Waals surface area (Å²) in [6.45, 7) is 0. The summed E-state index contributed by atoms with van der Waals surface area (Å²) in [6.07, 6.45) is 3.28. The first-order valence-electron chi connectivity index (χ1n) is 7.77. The Morgan fingerprint density at radius 2 is 1.88 bits per heavy atom. The van der Waals surface area contributed by atoms with Crippen LogP contribution in [0.2, 0.25) is 0 Å². The van der Waals surface area contributed by atoms with Gasteiger partial charge in [0.15, 0.2) is 10.7 Å². The number of anilines is 2. The average molecular weight is 377 g/mol. The maximum absolute atomic E-state index is 4.46. The normalized spacial score (nSPS) is 11.1. The number of hydrogen-bond donors (Lipinski definition) is 1. The molecule has 9 heteroatoms. The van der Waals surface area contributed by atoms with E-state index >= 15 is 0 Å². The Bertz CT molecular complexity index is 1160. The number of rotatable bonds is 4. The Kier molecular flexibility index (Phi) is 3.65. The molecular formula is C17H11N7S2. The molecule has 7 nitrogen and oxygen atoms in total. The number of nitrogens with one attached hydrogen (secondary N) is 1. The first-order chi connectivity index (χ1) is 12.9. The second-order valence-corrected chi connectivity index (χ2v) is 7.29. The van der Waals surface area contributed by atoms with Crippen molar-refractivity contribution in [1.82, 2.24) is 29.9 Å². The van der Waals surface area contributed by atoms with E-state index in [1.807, 2.05) is 47.8 Å². The van der Waals surface area contributed by atoms with Crippen molar-refractivity contribution >= 4 is 44.7 Å². The van der Waals surface area contributed by atoms with E-state index in [1.165, 1.54) is 17.7 Å². The molecule has 126 valence electrons. The summed E-state index contributed by atoms with van der Waals surface area (Å²) in [6, 6.07) is 13.9. The molecule has 5 aromatic rings. The second-order valence-electron chi connectivity index (χ2n) is 5.37. The van der Waals surface area contributed by atoms with Crippen LogP contribution < -0.4 is 5.32 Å². The van der Waals surface area contributed by atoms with Crippen LogP contribution >= 0.6 is 22.7 Å². The number of aromatic nitrogens is 6. The molecule has 5 rings (SSSR count). The molecule has 1 aromatic carbocycles. The lowest BCUT2D eigenvalue weighted by Gasteiger charge is -2.04. The Hall–Kier alpha value is -3.17. The van der Waals surface area contributed by atoms with Crippen LogP contribution in [0, 0.1) is 0 Å². The maximum Gasteiger partial charge on any atom is 0.211 e. The zero-order valence-corrected chi connectivity index (χ0v) is 14.9. The van der Waals surface area contributed by atoms with Gasteiger partial charge in [-0.15, -0.1) is 21.5 Å². The molecule has 0 atom stereocenters. The van der Waals surface area contributed by atoms with Crippen molar-refractivity contribution in [1.29, 1.82) is 0 Å². The second kappa shape index (κ2) is 6.28. The molecular weight excluding hydrogens is 366 g/mol. The van der Waals surface area contributed by atoms with E-state index in [1.54, 1.807) is 22.2 Å². The van der Waals surface area contributed by atoms with Crippen molar-refractivity contribution in [3.05, 3.63) is 60.4 Å². The van der Waals surface area contributed by atoms with Gasteiger partial charge in [0.25, 0.3) is 0 Å². The molecule has 0 amide bonds. The van der Waals surface area contributed by atoms with Crippen LogP contribution in [-0.4, -0.2) is 29.9 Å². The van der Waals surface area contributed by atoms with E-state index in [2.05, 4.69) is 30.6 Å². The van der Waals surface area contributed by atoms with Crippen LogP contribution in [0.15, 0.2) is 60.4 Å². The van der Waals surface area contributed by atoms with E-state index in [0.29, 0.717) is 10.9 Å². The van der Waals surface area contributed by atoms with Crippen molar-refractivity contribution in [3.63, 3.8) is 0 Å². The first kappa shape index (κ1) is 15.1. The number of thiophene rings is 1. The predicted molar refractivity (Wildman–Crippen MR) is 103 cm³/mol. The van der Waals surface area contributed by atoms with Gasteiger partial charge in [-0.3, -0.25) is 0 Å². The van der Waals surface area contributed by atoms with Gasteiger partial charge in [0, 0.05) is 0 Å². The third-order valence-corrected chi connectivity index (χ3v) is 5.63. The third kappa shape index (κ3) is 2.63. The van der Waals surface area contributed by atoms with E-state index in [-0.39, 0.29) is 0 Å². The lowest BCUT2D eigenvalue weighted by atomic mass is 10.3. The van der Waals surface area contributed by atoms with Crippen molar-refractivity contribution in [2.45, 2.75) is 0 Å². The molecule has 0 unspecified atom stereocenters. The minimum atomic E-state index is 0.658. The highest BCUT2D eigenvalue weighted by Gasteiger charge is 2.13. The average Bonchev–Trinajstić information content (AvgIpc) is 3.43. The molecule has 0 bridgehead atoms.